The SMILES string of the molecule is CC.CC.CC/C=C/C(=O)C(C)CC.CCCC.CCCC.CCCCC(C)COc1c(C)ccc2ncnc(Nc3ccc(Oc4ccc(C)nc4)c(C)c3)c12. The highest BCUT2D eigenvalue weighted by Crippen LogP contribution is 2.36. The molecule has 320 valence electrons. The van der Waals surface area contributed by atoms with Crippen molar-refractivity contribution in [2.24, 2.45) is 11.8 Å². The lowest BCUT2D eigenvalue weighted by molar-refractivity contribution is -0.117. The molecular formula is C50H82N4O3. The minimum absolute atomic E-state index is 0.197. The van der Waals surface area contributed by atoms with E-state index in [0.717, 1.165) is 70.0 Å². The van der Waals surface area contributed by atoms with E-state index in [-0.39, 0.29) is 11.7 Å². The summed E-state index contributed by atoms with van der Waals surface area (Å²) in [6, 6.07) is 13.9. The van der Waals surface area contributed by atoms with Gasteiger partial charge in [0.15, 0.2) is 5.78 Å². The van der Waals surface area contributed by atoms with E-state index < -0.39 is 0 Å². The van der Waals surface area contributed by atoms with Crippen molar-refractivity contribution in [1.29, 1.82) is 0 Å². The Hall–Kier alpha value is -4.26. The molecule has 0 radical (unpaired) electrons. The lowest BCUT2D eigenvalue weighted by Crippen LogP contribution is -2.10. The Balaban J connectivity index is 0. The first-order valence-electron chi connectivity index (χ1n) is 22.0. The number of ketones is 1. The van der Waals surface area contributed by atoms with Crippen molar-refractivity contribution < 1.29 is 14.3 Å². The van der Waals surface area contributed by atoms with Crippen LogP contribution in [0.2, 0.25) is 0 Å². The fourth-order valence-corrected chi connectivity index (χ4v) is 4.59. The Bertz CT molecular complexity index is 1610. The van der Waals surface area contributed by atoms with Gasteiger partial charge in [-0.1, -0.05) is 141 Å². The average Bonchev–Trinajstić information content (AvgIpc) is 3.25. The Morgan fingerprint density at radius 1 is 0.772 bits per heavy atom. The molecule has 2 aromatic carbocycles. The number of aromatic nitrogens is 3. The topological polar surface area (TPSA) is 86.2 Å². The summed E-state index contributed by atoms with van der Waals surface area (Å²) in [5.41, 5.74) is 4.81. The van der Waals surface area contributed by atoms with E-state index in [1.807, 2.05) is 105 Å². The molecule has 0 aliphatic carbocycles. The van der Waals surface area contributed by atoms with Crippen LogP contribution < -0.4 is 14.8 Å². The highest BCUT2D eigenvalue weighted by molar-refractivity contribution is 5.96. The van der Waals surface area contributed by atoms with Crippen molar-refractivity contribution >= 4 is 28.2 Å². The Morgan fingerprint density at radius 2 is 1.42 bits per heavy atom. The molecule has 0 fully saturated rings. The maximum Gasteiger partial charge on any atom is 0.158 e. The quantitative estimate of drug-likeness (QED) is 0.113. The number of hydrogen-bond acceptors (Lipinski definition) is 7. The van der Waals surface area contributed by atoms with E-state index in [1.165, 1.54) is 38.5 Å². The molecule has 2 aromatic heterocycles. The van der Waals surface area contributed by atoms with Gasteiger partial charge in [0.25, 0.3) is 0 Å². The van der Waals surface area contributed by atoms with Gasteiger partial charge in [-0.2, -0.15) is 0 Å². The summed E-state index contributed by atoms with van der Waals surface area (Å²) in [5, 5.41) is 4.38. The Kier molecular flexibility index (Phi) is 33.6. The van der Waals surface area contributed by atoms with Crippen molar-refractivity contribution in [2.45, 2.75) is 169 Å². The fraction of sp³-hybridized carbons (Fsp3) is 0.560. The number of allylic oxidation sites excluding steroid dienone is 2. The van der Waals surface area contributed by atoms with Gasteiger partial charge in [-0.25, -0.2) is 9.97 Å². The van der Waals surface area contributed by atoms with Crippen LogP contribution in [0.25, 0.3) is 10.9 Å². The van der Waals surface area contributed by atoms with Gasteiger partial charge in [-0.05, 0) is 99.6 Å². The number of ether oxygens (including phenoxy) is 2. The normalized spacial score (nSPS) is 11.0. The largest absolute Gasteiger partial charge is 0.492 e. The molecule has 57 heavy (non-hydrogen) atoms. The summed E-state index contributed by atoms with van der Waals surface area (Å²) in [7, 11) is 0. The number of unbranched alkanes of at least 4 members (excludes halogenated alkanes) is 3. The van der Waals surface area contributed by atoms with E-state index in [0.29, 0.717) is 18.3 Å². The molecule has 0 saturated carbocycles. The standard InChI is InChI=1S/C29H34N4O2.C9H16O.2C4H10.2C2H6/c1-6-7-8-19(2)17-34-28-20(3)9-13-25-27(28)29(32-18-31-25)33-23-11-14-26(21(4)15-23)35-24-12-10-22(5)30-16-24;1-4-6-7-9(10)8(3)5-2;2*1-3-4-2;2*1-2/h9-16,18-19H,6-8,17H2,1-5H3,(H,31,32,33);6-8H,4-5H2,1-3H3;2*3-4H2,1-2H3;2*1-2H3/b;7-6+;;;;. The summed E-state index contributed by atoms with van der Waals surface area (Å²) >= 11 is 0. The summed E-state index contributed by atoms with van der Waals surface area (Å²) in [5.74, 6) is 4.02. The van der Waals surface area contributed by atoms with Gasteiger partial charge in [-0.15, -0.1) is 0 Å². The van der Waals surface area contributed by atoms with Crippen molar-refractivity contribution in [3.05, 3.63) is 84.0 Å². The first-order valence-corrected chi connectivity index (χ1v) is 22.0. The van der Waals surface area contributed by atoms with E-state index in [2.05, 4.69) is 74.8 Å². The van der Waals surface area contributed by atoms with Crippen LogP contribution >= 0.6 is 0 Å². The number of benzene rings is 2. The van der Waals surface area contributed by atoms with E-state index in [4.69, 9.17) is 9.47 Å². The molecule has 1 N–H and O–H groups in total. The monoisotopic (exact) mass is 787 g/mol. The molecule has 0 saturated heterocycles. The van der Waals surface area contributed by atoms with Crippen molar-refractivity contribution in [3.63, 3.8) is 0 Å². The molecule has 4 aromatic rings. The minimum Gasteiger partial charge on any atom is -0.492 e. The third-order valence-corrected chi connectivity index (χ3v) is 8.68. The maximum absolute atomic E-state index is 11.0. The second-order valence-electron chi connectivity index (χ2n) is 13.8. The summed E-state index contributed by atoms with van der Waals surface area (Å²) in [6.45, 7) is 33.9. The van der Waals surface area contributed by atoms with Crippen molar-refractivity contribution in [2.75, 3.05) is 11.9 Å². The molecule has 0 bridgehead atoms. The molecule has 4 rings (SSSR count). The number of aryl methyl sites for hydroxylation is 3. The van der Waals surface area contributed by atoms with Crippen LogP contribution in [0.4, 0.5) is 11.5 Å². The van der Waals surface area contributed by atoms with Gasteiger partial charge in [0.05, 0.1) is 23.7 Å². The predicted octanol–water partition coefficient (Wildman–Crippen LogP) is 15.9. The number of nitrogens with zero attached hydrogens (tertiary/aromatic N) is 3. The number of carbonyl (C=O) groups is 1. The predicted molar refractivity (Wildman–Crippen MR) is 250 cm³/mol. The molecular weight excluding hydrogens is 705 g/mol. The first kappa shape index (κ1) is 54.8. The van der Waals surface area contributed by atoms with Crippen LogP contribution in [0.1, 0.15) is 165 Å². The van der Waals surface area contributed by atoms with Gasteiger partial charge in [0.2, 0.25) is 0 Å². The zero-order valence-corrected chi connectivity index (χ0v) is 39.1. The summed E-state index contributed by atoms with van der Waals surface area (Å²) < 4.78 is 12.4. The van der Waals surface area contributed by atoms with E-state index in [9.17, 15) is 4.79 Å². The lowest BCUT2D eigenvalue weighted by Gasteiger charge is -2.18. The van der Waals surface area contributed by atoms with Crippen LogP contribution in [0.15, 0.2) is 67.1 Å². The first-order chi connectivity index (χ1) is 27.5. The number of carbonyl (C=O) groups excluding carboxylic acids is 1. The number of anilines is 2. The number of nitrogens with one attached hydrogen (secondary N) is 1. The van der Waals surface area contributed by atoms with Crippen LogP contribution in [-0.4, -0.2) is 27.3 Å². The number of rotatable bonds is 16. The van der Waals surface area contributed by atoms with Crippen LogP contribution in [-0.2, 0) is 4.79 Å². The Labute approximate surface area is 349 Å². The van der Waals surface area contributed by atoms with Crippen LogP contribution in [0.5, 0.6) is 17.2 Å². The zero-order chi connectivity index (χ0) is 43.6. The highest BCUT2D eigenvalue weighted by atomic mass is 16.5. The van der Waals surface area contributed by atoms with Gasteiger partial charge in [0, 0.05) is 17.3 Å². The van der Waals surface area contributed by atoms with Crippen molar-refractivity contribution in [1.82, 2.24) is 15.0 Å². The number of pyridine rings is 1. The second kappa shape index (κ2) is 34.9. The molecule has 0 amide bonds. The molecule has 0 spiro atoms. The molecule has 7 heteroatoms. The van der Waals surface area contributed by atoms with Gasteiger partial charge in [-0.3, -0.25) is 9.78 Å². The van der Waals surface area contributed by atoms with Crippen LogP contribution in [0, 0.1) is 32.6 Å². The summed E-state index contributed by atoms with van der Waals surface area (Å²) in [4.78, 5) is 24.4. The van der Waals surface area contributed by atoms with Gasteiger partial charge >= 0.3 is 0 Å². The number of hydrogen-bond donors (Lipinski definition) is 1. The van der Waals surface area contributed by atoms with Crippen molar-refractivity contribution in [3.8, 4) is 17.2 Å². The van der Waals surface area contributed by atoms with E-state index >= 15 is 0 Å². The maximum atomic E-state index is 11.0. The van der Waals surface area contributed by atoms with Gasteiger partial charge in [0.1, 0.15) is 29.4 Å². The minimum atomic E-state index is 0.197. The molecule has 0 aliphatic rings. The third-order valence-electron chi connectivity index (χ3n) is 8.68. The summed E-state index contributed by atoms with van der Waals surface area (Å²) in [6.07, 6.45) is 17.7. The average molecular weight is 787 g/mol. The number of fused-ring (bicyclic) bond motifs is 1. The second-order valence-corrected chi connectivity index (χ2v) is 13.8. The molecule has 2 heterocycles. The third kappa shape index (κ3) is 22.9. The van der Waals surface area contributed by atoms with Crippen LogP contribution in [0.3, 0.4) is 0 Å². The molecule has 2 atom stereocenters. The molecule has 2 unspecified atom stereocenters. The van der Waals surface area contributed by atoms with Gasteiger partial charge < -0.3 is 14.8 Å². The fourth-order valence-electron chi connectivity index (χ4n) is 4.59. The Morgan fingerprint density at radius 3 is 1.95 bits per heavy atom. The molecule has 0 aliphatic heterocycles. The smallest absolute Gasteiger partial charge is 0.158 e. The lowest BCUT2D eigenvalue weighted by atomic mass is 10.0. The zero-order valence-electron chi connectivity index (χ0n) is 39.1. The highest BCUT2D eigenvalue weighted by Gasteiger charge is 2.15. The molecule has 7 nitrogen and oxygen atoms in total. The van der Waals surface area contributed by atoms with E-state index in [1.54, 1.807) is 18.6 Å².